The normalized spacial score (nSPS) is 10.3. The Balaban J connectivity index is 1.63. The summed E-state index contributed by atoms with van der Waals surface area (Å²) in [4.78, 5) is 36.6. The van der Waals surface area contributed by atoms with E-state index in [2.05, 4.69) is 15.4 Å². The number of benzene rings is 2. The second-order valence-electron chi connectivity index (χ2n) is 5.93. The number of halogens is 1. The molecule has 8 heteroatoms. The quantitative estimate of drug-likeness (QED) is 0.605. The molecule has 29 heavy (non-hydrogen) atoms. The van der Waals surface area contributed by atoms with Crippen LogP contribution in [0.2, 0.25) is 0 Å². The third-order valence-corrected chi connectivity index (χ3v) is 5.11. The van der Waals surface area contributed by atoms with Crippen molar-refractivity contribution < 1.29 is 23.5 Å². The summed E-state index contributed by atoms with van der Waals surface area (Å²) in [6, 6.07) is 15.9. The predicted octanol–water partition coefficient (Wildman–Crippen LogP) is 3.71. The second-order valence-corrected chi connectivity index (χ2v) is 7.02. The van der Waals surface area contributed by atoms with Gasteiger partial charge in [0.1, 0.15) is 12.4 Å². The van der Waals surface area contributed by atoms with Gasteiger partial charge in [-0.15, -0.1) is 11.3 Å². The van der Waals surface area contributed by atoms with Gasteiger partial charge in [-0.25, -0.2) is 4.39 Å². The van der Waals surface area contributed by atoms with Crippen molar-refractivity contribution in [3.05, 3.63) is 76.9 Å². The first-order valence-corrected chi connectivity index (χ1v) is 9.40. The molecule has 0 bridgehead atoms. The van der Waals surface area contributed by atoms with Gasteiger partial charge in [-0.2, -0.15) is 0 Å². The van der Waals surface area contributed by atoms with Gasteiger partial charge in [0.05, 0.1) is 12.0 Å². The van der Waals surface area contributed by atoms with E-state index in [4.69, 9.17) is 0 Å². The summed E-state index contributed by atoms with van der Waals surface area (Å²) < 4.78 is 18.4. The van der Waals surface area contributed by atoms with E-state index in [1.165, 1.54) is 36.6 Å². The van der Waals surface area contributed by atoms with Crippen LogP contribution in [-0.2, 0) is 9.53 Å². The second kappa shape index (κ2) is 9.11. The van der Waals surface area contributed by atoms with Crippen LogP contribution in [0.3, 0.4) is 0 Å². The van der Waals surface area contributed by atoms with Crippen LogP contribution in [-0.4, -0.2) is 31.4 Å². The Kier molecular flexibility index (Phi) is 6.36. The van der Waals surface area contributed by atoms with Crippen LogP contribution < -0.4 is 10.6 Å². The minimum Gasteiger partial charge on any atom is -0.468 e. The van der Waals surface area contributed by atoms with Gasteiger partial charge in [-0.05, 0) is 42.5 Å². The molecule has 0 aliphatic heterocycles. The van der Waals surface area contributed by atoms with Crippen LogP contribution in [0, 0.1) is 5.82 Å². The van der Waals surface area contributed by atoms with Crippen molar-refractivity contribution in [2.45, 2.75) is 0 Å². The molecule has 1 heterocycles. The molecule has 0 radical (unpaired) electrons. The summed E-state index contributed by atoms with van der Waals surface area (Å²) in [5, 5.41) is 5.16. The van der Waals surface area contributed by atoms with Gasteiger partial charge in [0, 0.05) is 21.7 Å². The molecule has 3 aromatic rings. The minimum atomic E-state index is -0.548. The highest BCUT2D eigenvalue weighted by molar-refractivity contribution is 7.17. The molecule has 0 unspecified atom stereocenters. The maximum absolute atomic E-state index is 13.9. The summed E-state index contributed by atoms with van der Waals surface area (Å²) in [6.45, 7) is -0.226. The zero-order valence-corrected chi connectivity index (χ0v) is 16.2. The van der Waals surface area contributed by atoms with Crippen LogP contribution in [0.15, 0.2) is 60.7 Å². The smallest absolute Gasteiger partial charge is 0.325 e. The number of esters is 1. The topological polar surface area (TPSA) is 84.5 Å². The van der Waals surface area contributed by atoms with Crippen molar-refractivity contribution in [3.63, 3.8) is 0 Å². The van der Waals surface area contributed by atoms with Crippen molar-refractivity contribution in [2.75, 3.05) is 19.0 Å². The molecular weight excluding hydrogens is 395 g/mol. The fraction of sp³-hybridized carbons (Fsp3) is 0.0952. The first-order valence-electron chi connectivity index (χ1n) is 8.59. The number of ether oxygens (including phenoxy) is 1. The molecule has 0 aliphatic carbocycles. The number of hydrogen-bond acceptors (Lipinski definition) is 5. The Morgan fingerprint density at radius 3 is 2.38 bits per heavy atom. The summed E-state index contributed by atoms with van der Waals surface area (Å²) in [7, 11) is 1.23. The number of carbonyl (C=O) groups is 3. The van der Waals surface area contributed by atoms with Crippen molar-refractivity contribution in [2.24, 2.45) is 0 Å². The van der Waals surface area contributed by atoms with E-state index in [9.17, 15) is 18.8 Å². The Hall–Kier alpha value is -3.52. The number of nitrogens with one attached hydrogen (secondary N) is 2. The van der Waals surface area contributed by atoms with Crippen molar-refractivity contribution in [1.29, 1.82) is 0 Å². The summed E-state index contributed by atoms with van der Waals surface area (Å²) >= 11 is 1.19. The number of anilines is 1. The number of thiophene rings is 1. The zero-order valence-electron chi connectivity index (χ0n) is 15.4. The Morgan fingerprint density at radius 2 is 1.69 bits per heavy atom. The highest BCUT2D eigenvalue weighted by Crippen LogP contribution is 2.30. The maximum atomic E-state index is 13.9. The van der Waals surface area contributed by atoms with Crippen LogP contribution in [0.5, 0.6) is 0 Å². The number of carbonyl (C=O) groups excluding carboxylic acids is 3. The SMILES string of the molecule is COC(=O)CNC(=O)c1ccc(NC(=O)c2ccc(-c3ccccc3F)s2)cc1. The van der Waals surface area contributed by atoms with Crippen LogP contribution in [0.25, 0.3) is 10.4 Å². The van der Waals surface area contributed by atoms with Crippen molar-refractivity contribution >= 4 is 34.8 Å². The molecule has 1 aromatic heterocycles. The van der Waals surface area contributed by atoms with E-state index in [1.807, 2.05) is 0 Å². The van der Waals surface area contributed by atoms with Gasteiger partial charge in [0.2, 0.25) is 0 Å². The lowest BCUT2D eigenvalue weighted by molar-refractivity contribution is -0.139. The monoisotopic (exact) mass is 412 g/mol. The molecule has 2 N–H and O–H groups in total. The Morgan fingerprint density at radius 1 is 0.966 bits per heavy atom. The van der Waals surface area contributed by atoms with Crippen LogP contribution >= 0.6 is 11.3 Å². The maximum Gasteiger partial charge on any atom is 0.325 e. The molecule has 2 aromatic carbocycles. The van der Waals surface area contributed by atoms with E-state index in [1.54, 1.807) is 42.5 Å². The molecule has 0 atom stereocenters. The third kappa shape index (κ3) is 5.05. The highest BCUT2D eigenvalue weighted by Gasteiger charge is 2.13. The summed E-state index contributed by atoms with van der Waals surface area (Å²) in [5.41, 5.74) is 1.28. The number of rotatable bonds is 6. The molecule has 0 saturated carbocycles. The zero-order chi connectivity index (χ0) is 20.8. The molecule has 0 spiro atoms. The fourth-order valence-electron chi connectivity index (χ4n) is 2.49. The van der Waals surface area contributed by atoms with Crippen molar-refractivity contribution in [1.82, 2.24) is 5.32 Å². The lowest BCUT2D eigenvalue weighted by Gasteiger charge is -2.06. The molecule has 2 amide bonds. The number of hydrogen-bond donors (Lipinski definition) is 2. The van der Waals surface area contributed by atoms with Gasteiger partial charge >= 0.3 is 5.97 Å². The average molecular weight is 412 g/mol. The van der Waals surface area contributed by atoms with E-state index in [0.29, 0.717) is 26.6 Å². The van der Waals surface area contributed by atoms with Gasteiger partial charge in [0.15, 0.2) is 0 Å². The summed E-state index contributed by atoms with van der Waals surface area (Å²) in [5.74, 6) is -1.66. The molecule has 148 valence electrons. The minimum absolute atomic E-state index is 0.226. The molecular formula is C21H17FN2O4S. The third-order valence-electron chi connectivity index (χ3n) is 4.00. The largest absolute Gasteiger partial charge is 0.468 e. The van der Waals surface area contributed by atoms with E-state index >= 15 is 0 Å². The van der Waals surface area contributed by atoms with Crippen LogP contribution in [0.4, 0.5) is 10.1 Å². The van der Waals surface area contributed by atoms with Crippen molar-refractivity contribution in [3.8, 4) is 10.4 Å². The lowest BCUT2D eigenvalue weighted by atomic mass is 10.2. The molecule has 0 aliphatic rings. The molecule has 0 saturated heterocycles. The van der Waals surface area contributed by atoms with Crippen LogP contribution in [0.1, 0.15) is 20.0 Å². The summed E-state index contributed by atoms with van der Waals surface area (Å²) in [6.07, 6.45) is 0. The number of methoxy groups -OCH3 is 1. The lowest BCUT2D eigenvalue weighted by Crippen LogP contribution is -2.30. The van der Waals surface area contributed by atoms with Gasteiger partial charge in [-0.1, -0.05) is 18.2 Å². The van der Waals surface area contributed by atoms with Gasteiger partial charge < -0.3 is 15.4 Å². The van der Waals surface area contributed by atoms with E-state index in [0.717, 1.165) is 0 Å². The van der Waals surface area contributed by atoms with E-state index in [-0.39, 0.29) is 18.3 Å². The molecule has 6 nitrogen and oxygen atoms in total. The predicted molar refractivity (Wildman–Crippen MR) is 108 cm³/mol. The van der Waals surface area contributed by atoms with Gasteiger partial charge in [0.25, 0.3) is 11.8 Å². The standard InChI is InChI=1S/C21H17FN2O4S/c1-28-19(25)12-23-20(26)13-6-8-14(9-7-13)24-21(27)18-11-10-17(29-18)15-4-2-3-5-16(15)22/h2-11H,12H2,1H3,(H,23,26)(H,24,27). The Labute approximate surface area is 170 Å². The van der Waals surface area contributed by atoms with E-state index < -0.39 is 11.9 Å². The molecule has 0 fully saturated rings. The Bertz CT molecular complexity index is 1050. The average Bonchev–Trinajstić information content (AvgIpc) is 3.22. The number of amides is 2. The first-order chi connectivity index (χ1) is 14.0. The first kappa shape index (κ1) is 20.2. The fourth-order valence-corrected chi connectivity index (χ4v) is 3.42. The van der Waals surface area contributed by atoms with Gasteiger partial charge in [-0.3, -0.25) is 14.4 Å². The highest BCUT2D eigenvalue weighted by atomic mass is 32.1. The molecule has 3 rings (SSSR count).